The summed E-state index contributed by atoms with van der Waals surface area (Å²) >= 11 is 0. The van der Waals surface area contributed by atoms with Crippen molar-refractivity contribution < 1.29 is 4.39 Å². The van der Waals surface area contributed by atoms with E-state index in [1.54, 1.807) is 16.8 Å². The molecule has 0 radical (unpaired) electrons. The number of benzene rings is 1. The van der Waals surface area contributed by atoms with Crippen molar-refractivity contribution in [3.05, 3.63) is 54.1 Å². The Hall–Kier alpha value is -2.27. The van der Waals surface area contributed by atoms with Gasteiger partial charge in [0.1, 0.15) is 5.82 Å². The summed E-state index contributed by atoms with van der Waals surface area (Å²) in [7, 11) is 0. The molecule has 2 N–H and O–H groups in total. The van der Waals surface area contributed by atoms with Crippen LogP contribution >= 0.6 is 0 Å². The van der Waals surface area contributed by atoms with Gasteiger partial charge in [0, 0.05) is 12.1 Å². The topological polar surface area (TPSA) is 56.2 Å². The lowest BCUT2D eigenvalue weighted by Gasteiger charge is -2.03. The first kappa shape index (κ1) is 10.9. The normalized spacial score (nSPS) is 11.0. The van der Waals surface area contributed by atoms with Gasteiger partial charge in [0.25, 0.3) is 0 Å². The Morgan fingerprint density at radius 1 is 1.22 bits per heavy atom. The van der Waals surface area contributed by atoms with Crippen LogP contribution in [0.3, 0.4) is 0 Å². The van der Waals surface area contributed by atoms with Gasteiger partial charge in [0.2, 0.25) is 0 Å². The van der Waals surface area contributed by atoms with Crippen LogP contribution in [0.15, 0.2) is 42.6 Å². The van der Waals surface area contributed by atoms with E-state index < -0.39 is 0 Å². The van der Waals surface area contributed by atoms with E-state index in [0.29, 0.717) is 12.2 Å². The van der Waals surface area contributed by atoms with Crippen LogP contribution in [0.1, 0.15) is 5.69 Å². The highest BCUT2D eigenvalue weighted by Gasteiger charge is 2.06. The average Bonchev–Trinajstić information content (AvgIpc) is 2.80. The minimum Gasteiger partial charge on any atom is -0.325 e. The maximum atomic E-state index is 13.2. The Labute approximate surface area is 103 Å². The van der Waals surface area contributed by atoms with Crippen LogP contribution < -0.4 is 5.73 Å². The predicted molar refractivity (Wildman–Crippen MR) is 66.3 cm³/mol. The number of fused-ring (bicyclic) bond motifs is 1. The summed E-state index contributed by atoms with van der Waals surface area (Å²) in [6.45, 7) is 0.362. The molecule has 0 bridgehead atoms. The molecule has 0 aliphatic heterocycles. The largest absolute Gasteiger partial charge is 0.325 e. The number of hydrogen-bond donors (Lipinski definition) is 1. The Kier molecular flexibility index (Phi) is 2.53. The fraction of sp³-hybridized carbons (Fsp3) is 0.0769. The lowest BCUT2D eigenvalue weighted by molar-refractivity contribution is 0.628. The molecule has 18 heavy (non-hydrogen) atoms. The van der Waals surface area contributed by atoms with Crippen LogP contribution in [0.4, 0.5) is 4.39 Å². The number of nitrogens with zero attached hydrogens (tertiary/aromatic N) is 3. The van der Waals surface area contributed by atoms with Crippen LogP contribution in [-0.2, 0) is 6.54 Å². The first-order valence-electron chi connectivity index (χ1n) is 5.57. The number of nitrogens with two attached hydrogens (primary N) is 1. The molecule has 2 heterocycles. The van der Waals surface area contributed by atoms with Gasteiger partial charge in [0.05, 0.1) is 17.6 Å². The summed E-state index contributed by atoms with van der Waals surface area (Å²) in [6, 6.07) is 9.99. The van der Waals surface area contributed by atoms with Crippen molar-refractivity contribution in [1.82, 2.24) is 14.6 Å². The molecule has 0 saturated heterocycles. The smallest absolute Gasteiger partial charge is 0.153 e. The van der Waals surface area contributed by atoms with Gasteiger partial charge in [-0.1, -0.05) is 12.1 Å². The van der Waals surface area contributed by atoms with Gasteiger partial charge < -0.3 is 5.73 Å². The van der Waals surface area contributed by atoms with E-state index in [-0.39, 0.29) is 5.82 Å². The molecule has 1 aromatic carbocycles. The maximum absolute atomic E-state index is 13.2. The third-order valence-electron chi connectivity index (χ3n) is 2.76. The Balaban J connectivity index is 2.18. The Morgan fingerprint density at radius 2 is 2.11 bits per heavy atom. The van der Waals surface area contributed by atoms with E-state index in [0.717, 1.165) is 16.9 Å². The van der Waals surface area contributed by atoms with Gasteiger partial charge in [-0.25, -0.2) is 13.9 Å². The second-order valence-electron chi connectivity index (χ2n) is 3.95. The van der Waals surface area contributed by atoms with Gasteiger partial charge in [0.15, 0.2) is 5.65 Å². The molecule has 0 spiro atoms. The minimum atomic E-state index is -0.279. The van der Waals surface area contributed by atoms with Crippen molar-refractivity contribution in [3.8, 4) is 11.3 Å². The van der Waals surface area contributed by atoms with Crippen LogP contribution in [0.2, 0.25) is 0 Å². The second-order valence-corrected chi connectivity index (χ2v) is 3.95. The summed E-state index contributed by atoms with van der Waals surface area (Å²) in [6.07, 6.45) is 1.69. The van der Waals surface area contributed by atoms with Crippen molar-refractivity contribution in [3.63, 3.8) is 0 Å². The highest BCUT2D eigenvalue weighted by atomic mass is 19.1. The summed E-state index contributed by atoms with van der Waals surface area (Å²) in [5.41, 5.74) is 8.59. The molecule has 0 atom stereocenters. The molecule has 2 aromatic heterocycles. The zero-order valence-corrected chi connectivity index (χ0v) is 9.55. The zero-order valence-electron chi connectivity index (χ0n) is 9.55. The van der Waals surface area contributed by atoms with E-state index in [1.165, 1.54) is 12.1 Å². The molecule has 0 fully saturated rings. The van der Waals surface area contributed by atoms with Gasteiger partial charge in [-0.15, -0.1) is 0 Å². The summed E-state index contributed by atoms with van der Waals surface area (Å²) in [4.78, 5) is 4.19. The molecular formula is C13H11FN4. The van der Waals surface area contributed by atoms with Gasteiger partial charge in [-0.3, -0.25) is 0 Å². The van der Waals surface area contributed by atoms with E-state index in [2.05, 4.69) is 10.1 Å². The minimum absolute atomic E-state index is 0.279. The first-order valence-corrected chi connectivity index (χ1v) is 5.57. The Morgan fingerprint density at radius 3 is 2.89 bits per heavy atom. The number of halogens is 1. The molecule has 3 aromatic rings. The molecule has 0 amide bonds. The van der Waals surface area contributed by atoms with E-state index >= 15 is 0 Å². The molecule has 0 aliphatic rings. The van der Waals surface area contributed by atoms with Crippen molar-refractivity contribution in [1.29, 1.82) is 0 Å². The summed E-state index contributed by atoms with van der Waals surface area (Å²) in [5.74, 6) is -0.279. The molecule has 90 valence electrons. The summed E-state index contributed by atoms with van der Waals surface area (Å²) < 4.78 is 14.9. The lowest BCUT2D eigenvalue weighted by atomic mass is 10.1. The van der Waals surface area contributed by atoms with Crippen LogP contribution in [0.25, 0.3) is 16.9 Å². The highest BCUT2D eigenvalue weighted by Crippen LogP contribution is 2.18. The Bertz CT molecular complexity index is 705. The van der Waals surface area contributed by atoms with E-state index in [1.807, 2.05) is 18.2 Å². The molecular weight excluding hydrogens is 231 g/mol. The quantitative estimate of drug-likeness (QED) is 0.747. The van der Waals surface area contributed by atoms with E-state index in [9.17, 15) is 4.39 Å². The third-order valence-corrected chi connectivity index (χ3v) is 2.76. The molecule has 0 aliphatic carbocycles. The number of imidazole rings is 1. The second kappa shape index (κ2) is 4.19. The van der Waals surface area contributed by atoms with Crippen LogP contribution in [0, 0.1) is 5.82 Å². The maximum Gasteiger partial charge on any atom is 0.153 e. The monoisotopic (exact) mass is 242 g/mol. The van der Waals surface area contributed by atoms with Crippen LogP contribution in [0.5, 0.6) is 0 Å². The summed E-state index contributed by atoms with van der Waals surface area (Å²) in [5, 5.41) is 4.42. The standard InChI is InChI=1S/C13H11FN4/c14-10-3-1-2-9(6-10)12-4-5-13-16-8-11(7-15)18(13)17-12/h1-6,8H,7,15H2. The van der Waals surface area contributed by atoms with Crippen molar-refractivity contribution >= 4 is 5.65 Å². The molecule has 0 unspecified atom stereocenters. The third kappa shape index (κ3) is 1.74. The predicted octanol–water partition coefficient (Wildman–Crippen LogP) is 1.99. The fourth-order valence-electron chi connectivity index (χ4n) is 1.86. The molecule has 5 heteroatoms. The number of hydrogen-bond acceptors (Lipinski definition) is 3. The average molecular weight is 242 g/mol. The van der Waals surface area contributed by atoms with Gasteiger partial charge >= 0.3 is 0 Å². The zero-order chi connectivity index (χ0) is 12.5. The fourth-order valence-corrected chi connectivity index (χ4v) is 1.86. The molecule has 4 nitrogen and oxygen atoms in total. The van der Waals surface area contributed by atoms with Crippen molar-refractivity contribution in [2.45, 2.75) is 6.54 Å². The number of rotatable bonds is 2. The van der Waals surface area contributed by atoms with Gasteiger partial charge in [-0.2, -0.15) is 5.10 Å². The van der Waals surface area contributed by atoms with Crippen molar-refractivity contribution in [2.75, 3.05) is 0 Å². The molecule has 3 rings (SSSR count). The van der Waals surface area contributed by atoms with Crippen molar-refractivity contribution in [2.24, 2.45) is 5.73 Å². The number of aromatic nitrogens is 3. The first-order chi connectivity index (χ1) is 8.78. The molecule has 0 saturated carbocycles. The van der Waals surface area contributed by atoms with Gasteiger partial charge in [-0.05, 0) is 24.3 Å². The SMILES string of the molecule is NCc1cnc2ccc(-c3cccc(F)c3)nn12. The van der Waals surface area contributed by atoms with Crippen LogP contribution in [-0.4, -0.2) is 14.6 Å². The lowest BCUT2D eigenvalue weighted by Crippen LogP contribution is -2.04. The highest BCUT2D eigenvalue weighted by molar-refractivity contribution is 5.60. The van der Waals surface area contributed by atoms with E-state index in [4.69, 9.17) is 5.73 Å².